The number of pyridine rings is 1. The summed E-state index contributed by atoms with van der Waals surface area (Å²) in [6.45, 7) is 0. The number of thiophene rings is 1. The number of rotatable bonds is 5. The first-order valence-electron chi connectivity index (χ1n) is 8.33. The third-order valence-electron chi connectivity index (χ3n) is 4.25. The van der Waals surface area contributed by atoms with E-state index in [9.17, 15) is 4.79 Å². The number of methoxy groups -OCH3 is 1. The van der Waals surface area contributed by atoms with E-state index in [2.05, 4.69) is 10.3 Å². The summed E-state index contributed by atoms with van der Waals surface area (Å²) in [4.78, 5) is 16.4. The fraction of sp³-hybridized carbons (Fsp3) is 0.0476. The van der Waals surface area contributed by atoms with Crippen molar-refractivity contribution in [3.63, 3.8) is 0 Å². The monoisotopic (exact) mass is 428 g/mol. The molecular weight excluding hydrogens is 415 g/mol. The van der Waals surface area contributed by atoms with Crippen LogP contribution in [0.1, 0.15) is 10.4 Å². The Morgan fingerprint density at radius 1 is 1.04 bits per heavy atom. The van der Waals surface area contributed by atoms with Crippen LogP contribution in [0.3, 0.4) is 0 Å². The van der Waals surface area contributed by atoms with E-state index in [4.69, 9.17) is 27.9 Å². The van der Waals surface area contributed by atoms with Gasteiger partial charge in [0.05, 0.1) is 38.7 Å². The highest BCUT2D eigenvalue weighted by molar-refractivity contribution is 7.22. The zero-order valence-electron chi connectivity index (χ0n) is 14.7. The summed E-state index contributed by atoms with van der Waals surface area (Å²) in [5.74, 6) is 0.543. The van der Waals surface area contributed by atoms with E-state index in [1.807, 2.05) is 24.3 Å². The maximum absolute atomic E-state index is 10.9. The lowest BCUT2D eigenvalue weighted by molar-refractivity contribution is 0.112. The first-order chi connectivity index (χ1) is 13.6. The van der Waals surface area contributed by atoms with Gasteiger partial charge in [0.2, 0.25) is 0 Å². The molecule has 7 heteroatoms. The number of carbonyl (C=O) groups excluding carboxylic acids is 1. The van der Waals surface area contributed by atoms with Gasteiger partial charge in [-0.1, -0.05) is 47.5 Å². The summed E-state index contributed by atoms with van der Waals surface area (Å²) in [5.41, 5.74) is 4.14. The van der Waals surface area contributed by atoms with Gasteiger partial charge in [-0.25, -0.2) is 0 Å². The van der Waals surface area contributed by atoms with E-state index in [0.717, 1.165) is 32.6 Å². The van der Waals surface area contributed by atoms with Crippen molar-refractivity contribution in [3.05, 3.63) is 70.3 Å². The molecule has 4 rings (SSSR count). The minimum Gasteiger partial charge on any atom is -0.495 e. The molecule has 2 heterocycles. The lowest BCUT2D eigenvalue weighted by atomic mass is 10.1. The van der Waals surface area contributed by atoms with Gasteiger partial charge in [-0.2, -0.15) is 0 Å². The van der Waals surface area contributed by atoms with E-state index in [-0.39, 0.29) is 0 Å². The smallest absolute Gasteiger partial charge is 0.150 e. The lowest BCUT2D eigenvalue weighted by Crippen LogP contribution is -1.94. The SMILES string of the molecule is COc1cc(Nc2ccnc3cc(-c4ccc(C=O)cc4)sc23)c(Cl)cc1Cl. The highest BCUT2D eigenvalue weighted by atomic mass is 35.5. The molecule has 0 amide bonds. The number of ether oxygens (including phenoxy) is 1. The minimum atomic E-state index is 0.454. The fourth-order valence-corrected chi connectivity index (χ4v) is 4.43. The van der Waals surface area contributed by atoms with E-state index in [1.54, 1.807) is 48.9 Å². The van der Waals surface area contributed by atoms with Crippen molar-refractivity contribution in [3.8, 4) is 16.2 Å². The number of fused-ring (bicyclic) bond motifs is 1. The van der Waals surface area contributed by atoms with Gasteiger partial charge in [0.1, 0.15) is 12.0 Å². The van der Waals surface area contributed by atoms with Gasteiger partial charge in [0, 0.05) is 22.7 Å². The molecule has 0 radical (unpaired) electrons. The Balaban J connectivity index is 1.74. The molecule has 0 saturated carbocycles. The second kappa shape index (κ2) is 7.80. The van der Waals surface area contributed by atoms with Crippen molar-refractivity contribution in [2.75, 3.05) is 12.4 Å². The van der Waals surface area contributed by atoms with Crippen molar-refractivity contribution >= 4 is 62.4 Å². The largest absolute Gasteiger partial charge is 0.495 e. The quantitative estimate of drug-likeness (QED) is 0.353. The van der Waals surface area contributed by atoms with Crippen LogP contribution >= 0.6 is 34.5 Å². The van der Waals surface area contributed by atoms with Gasteiger partial charge in [-0.15, -0.1) is 11.3 Å². The second-order valence-corrected chi connectivity index (χ2v) is 7.88. The predicted molar refractivity (Wildman–Crippen MR) is 117 cm³/mol. The number of nitrogens with one attached hydrogen (secondary N) is 1. The number of nitrogens with zero attached hydrogens (tertiary/aromatic N) is 1. The topological polar surface area (TPSA) is 51.2 Å². The fourth-order valence-electron chi connectivity index (χ4n) is 2.83. The molecule has 4 nitrogen and oxygen atoms in total. The van der Waals surface area contributed by atoms with Crippen molar-refractivity contribution in [2.45, 2.75) is 0 Å². The van der Waals surface area contributed by atoms with E-state index in [0.29, 0.717) is 27.0 Å². The van der Waals surface area contributed by atoms with Gasteiger partial charge in [-0.05, 0) is 23.8 Å². The van der Waals surface area contributed by atoms with Gasteiger partial charge in [-0.3, -0.25) is 9.78 Å². The summed E-state index contributed by atoms with van der Waals surface area (Å²) in [7, 11) is 1.56. The van der Waals surface area contributed by atoms with Crippen LogP contribution in [0, 0.1) is 0 Å². The molecule has 2 aromatic heterocycles. The van der Waals surface area contributed by atoms with Crippen LogP contribution in [0.2, 0.25) is 10.0 Å². The third-order valence-corrected chi connectivity index (χ3v) is 6.07. The Kier molecular flexibility index (Phi) is 5.22. The van der Waals surface area contributed by atoms with Crippen molar-refractivity contribution in [1.82, 2.24) is 4.98 Å². The first-order valence-corrected chi connectivity index (χ1v) is 9.90. The Morgan fingerprint density at radius 2 is 1.82 bits per heavy atom. The lowest BCUT2D eigenvalue weighted by Gasteiger charge is -2.12. The number of anilines is 2. The van der Waals surface area contributed by atoms with Crippen LogP contribution in [0.5, 0.6) is 5.75 Å². The van der Waals surface area contributed by atoms with Crippen molar-refractivity contribution in [2.24, 2.45) is 0 Å². The van der Waals surface area contributed by atoms with Crippen LogP contribution in [0.4, 0.5) is 11.4 Å². The Hall–Kier alpha value is -2.60. The molecule has 0 spiro atoms. The van der Waals surface area contributed by atoms with Gasteiger partial charge >= 0.3 is 0 Å². The Morgan fingerprint density at radius 3 is 2.54 bits per heavy atom. The number of halogens is 2. The molecule has 0 aliphatic rings. The molecule has 0 aliphatic heterocycles. The van der Waals surface area contributed by atoms with Gasteiger partial charge in [0.15, 0.2) is 0 Å². The molecule has 0 aliphatic carbocycles. The molecule has 4 aromatic rings. The standard InChI is InChI=1S/C21H14Cl2N2O2S/c1-27-19-9-17(14(22)8-15(19)23)25-16-6-7-24-18-10-20(28-21(16)18)13-4-2-12(11-26)3-5-13/h2-11H,1H3,(H,24,25). The summed E-state index contributed by atoms with van der Waals surface area (Å²) in [6, 6.07) is 14.8. The maximum atomic E-state index is 10.9. The van der Waals surface area contributed by atoms with Crippen LogP contribution in [-0.4, -0.2) is 18.4 Å². The number of carbonyl (C=O) groups is 1. The minimum absolute atomic E-state index is 0.454. The molecule has 0 saturated heterocycles. The second-order valence-electron chi connectivity index (χ2n) is 6.01. The molecule has 28 heavy (non-hydrogen) atoms. The highest BCUT2D eigenvalue weighted by Crippen LogP contribution is 2.40. The zero-order valence-corrected chi connectivity index (χ0v) is 17.0. The van der Waals surface area contributed by atoms with E-state index in [1.165, 1.54) is 0 Å². The maximum Gasteiger partial charge on any atom is 0.150 e. The Labute approximate surface area is 175 Å². The molecule has 0 atom stereocenters. The normalized spacial score (nSPS) is 10.8. The third kappa shape index (κ3) is 3.56. The highest BCUT2D eigenvalue weighted by Gasteiger charge is 2.13. The molecule has 2 aromatic carbocycles. The summed E-state index contributed by atoms with van der Waals surface area (Å²) in [6.07, 6.45) is 2.58. The molecule has 0 unspecified atom stereocenters. The number of aldehydes is 1. The van der Waals surface area contributed by atoms with Crippen molar-refractivity contribution in [1.29, 1.82) is 0 Å². The van der Waals surface area contributed by atoms with Crippen LogP contribution in [0.25, 0.3) is 20.7 Å². The summed E-state index contributed by atoms with van der Waals surface area (Å²) in [5, 5.41) is 4.30. The predicted octanol–water partition coefficient (Wildman–Crippen LogP) is 6.83. The van der Waals surface area contributed by atoms with Gasteiger partial charge in [0.25, 0.3) is 0 Å². The molecular formula is C21H14Cl2N2O2S. The van der Waals surface area contributed by atoms with Crippen molar-refractivity contribution < 1.29 is 9.53 Å². The molecule has 0 bridgehead atoms. The average Bonchev–Trinajstić information content (AvgIpc) is 3.15. The van der Waals surface area contributed by atoms with E-state index < -0.39 is 0 Å². The summed E-state index contributed by atoms with van der Waals surface area (Å²) < 4.78 is 6.28. The molecule has 0 fully saturated rings. The van der Waals surface area contributed by atoms with E-state index >= 15 is 0 Å². The zero-order chi connectivity index (χ0) is 19.7. The molecule has 1 N–H and O–H groups in total. The van der Waals surface area contributed by atoms with Crippen LogP contribution in [0.15, 0.2) is 54.7 Å². The number of benzene rings is 2. The van der Waals surface area contributed by atoms with Crippen LogP contribution in [-0.2, 0) is 0 Å². The number of hydrogen-bond donors (Lipinski definition) is 1. The Bertz CT molecular complexity index is 1170. The summed E-state index contributed by atoms with van der Waals surface area (Å²) >= 11 is 14.1. The average molecular weight is 429 g/mol. The van der Waals surface area contributed by atoms with Crippen LogP contribution < -0.4 is 10.1 Å². The van der Waals surface area contributed by atoms with Gasteiger partial charge < -0.3 is 10.1 Å². The first kappa shape index (κ1) is 18.7. The molecule has 140 valence electrons. The number of aromatic nitrogens is 1. The number of hydrogen-bond acceptors (Lipinski definition) is 5.